The van der Waals surface area contributed by atoms with E-state index in [-0.39, 0.29) is 11.8 Å². The van der Waals surface area contributed by atoms with Crippen LogP contribution < -0.4 is 0 Å². The molecule has 2 saturated carbocycles. The fourth-order valence-electron chi connectivity index (χ4n) is 4.15. The smallest absolute Gasteiger partial charge is 0.225 e. The predicted molar refractivity (Wildman–Crippen MR) is 106 cm³/mol. The van der Waals surface area contributed by atoms with Gasteiger partial charge in [-0.2, -0.15) is 5.10 Å². The monoisotopic (exact) mass is 366 g/mol. The Morgan fingerprint density at radius 2 is 1.67 bits per heavy atom. The van der Waals surface area contributed by atoms with Crippen LogP contribution in [-0.2, 0) is 11.2 Å². The number of benzene rings is 1. The average molecular weight is 367 g/mol. The molecule has 0 unspecified atom stereocenters. The van der Waals surface area contributed by atoms with Crippen LogP contribution in [0.1, 0.15) is 74.5 Å². The number of carbonyl (C=O) groups excluding carboxylic acids is 1. The van der Waals surface area contributed by atoms with Gasteiger partial charge in [-0.3, -0.25) is 4.79 Å². The number of aryl methyl sites for hydroxylation is 1. The van der Waals surface area contributed by atoms with Crippen molar-refractivity contribution >= 4 is 5.91 Å². The van der Waals surface area contributed by atoms with Gasteiger partial charge >= 0.3 is 0 Å². The Kier molecular flexibility index (Phi) is 5.02. The molecule has 2 aromatic rings. The third-order valence-electron chi connectivity index (χ3n) is 6.06. The number of carbonyl (C=O) groups is 1. The number of aromatic nitrogens is 3. The summed E-state index contributed by atoms with van der Waals surface area (Å²) in [4.78, 5) is 19.0. The molecule has 0 radical (unpaired) electrons. The second-order valence-electron chi connectivity index (χ2n) is 8.32. The molecule has 144 valence electrons. The van der Waals surface area contributed by atoms with Crippen LogP contribution in [0.2, 0.25) is 0 Å². The Bertz CT molecular complexity index is 796. The average Bonchev–Trinajstić information content (AvgIpc) is 3.46. The minimum Gasteiger partial charge on any atom is -0.349 e. The van der Waals surface area contributed by atoms with E-state index in [1.807, 2.05) is 14.1 Å². The van der Waals surface area contributed by atoms with E-state index in [4.69, 9.17) is 10.1 Å². The molecule has 2 aliphatic rings. The molecule has 1 aromatic carbocycles. The molecule has 4 rings (SSSR count). The van der Waals surface area contributed by atoms with Gasteiger partial charge in [-0.15, -0.1) is 0 Å². The minimum absolute atomic E-state index is 0.166. The fraction of sp³-hybridized carbons (Fsp3) is 0.591. The summed E-state index contributed by atoms with van der Waals surface area (Å²) in [6, 6.07) is 8.69. The molecule has 1 heterocycles. The molecule has 0 spiro atoms. The summed E-state index contributed by atoms with van der Waals surface area (Å²) >= 11 is 0. The van der Waals surface area contributed by atoms with Gasteiger partial charge in [0, 0.05) is 31.8 Å². The zero-order valence-electron chi connectivity index (χ0n) is 16.7. The van der Waals surface area contributed by atoms with E-state index in [1.165, 1.54) is 18.4 Å². The summed E-state index contributed by atoms with van der Waals surface area (Å²) in [6.07, 6.45) is 7.39. The molecular formula is C22H30N4O. The van der Waals surface area contributed by atoms with Gasteiger partial charge in [-0.25, -0.2) is 9.67 Å². The Hall–Kier alpha value is -2.17. The molecule has 1 aromatic heterocycles. The second kappa shape index (κ2) is 7.45. The van der Waals surface area contributed by atoms with E-state index in [0.29, 0.717) is 11.8 Å². The summed E-state index contributed by atoms with van der Waals surface area (Å²) in [6.45, 7) is 2.18. The Morgan fingerprint density at radius 3 is 2.22 bits per heavy atom. The van der Waals surface area contributed by atoms with E-state index < -0.39 is 0 Å². The molecule has 0 saturated heterocycles. The van der Waals surface area contributed by atoms with Crippen LogP contribution in [0.3, 0.4) is 0 Å². The summed E-state index contributed by atoms with van der Waals surface area (Å²) in [5, 5.41) is 4.89. The van der Waals surface area contributed by atoms with Gasteiger partial charge in [0.25, 0.3) is 0 Å². The van der Waals surface area contributed by atoms with Crippen LogP contribution in [0.4, 0.5) is 0 Å². The number of hydrogen-bond donors (Lipinski definition) is 0. The van der Waals surface area contributed by atoms with E-state index in [0.717, 1.165) is 49.4 Å². The van der Waals surface area contributed by atoms with Gasteiger partial charge in [0.15, 0.2) is 5.82 Å². The van der Waals surface area contributed by atoms with Crippen molar-refractivity contribution in [3.8, 4) is 5.69 Å². The summed E-state index contributed by atoms with van der Waals surface area (Å²) in [5.41, 5.74) is 2.44. The molecule has 2 fully saturated rings. The highest BCUT2D eigenvalue weighted by molar-refractivity contribution is 5.78. The molecule has 2 aliphatic carbocycles. The first-order chi connectivity index (χ1) is 13.1. The predicted octanol–water partition coefficient (Wildman–Crippen LogP) is 4.07. The third kappa shape index (κ3) is 3.78. The van der Waals surface area contributed by atoms with Crippen LogP contribution in [0, 0.1) is 5.92 Å². The summed E-state index contributed by atoms with van der Waals surface area (Å²) < 4.78 is 2.08. The zero-order chi connectivity index (χ0) is 19.0. The van der Waals surface area contributed by atoms with Crippen molar-refractivity contribution in [3.63, 3.8) is 0 Å². The van der Waals surface area contributed by atoms with E-state index in [2.05, 4.69) is 35.9 Å². The molecule has 0 N–H and O–H groups in total. The maximum atomic E-state index is 12.3. The van der Waals surface area contributed by atoms with Crippen LogP contribution in [0.25, 0.3) is 5.69 Å². The Balaban J connectivity index is 1.57. The lowest BCUT2D eigenvalue weighted by Gasteiger charge is -2.29. The Labute approximate surface area is 161 Å². The number of rotatable bonds is 5. The van der Waals surface area contributed by atoms with Crippen LogP contribution in [0.15, 0.2) is 24.3 Å². The summed E-state index contributed by atoms with van der Waals surface area (Å²) in [7, 11) is 3.71. The topological polar surface area (TPSA) is 51.0 Å². The van der Waals surface area contributed by atoms with Gasteiger partial charge < -0.3 is 4.90 Å². The lowest BCUT2D eigenvalue weighted by atomic mass is 9.81. The second-order valence-corrected chi connectivity index (χ2v) is 8.32. The van der Waals surface area contributed by atoms with Crippen molar-refractivity contribution in [2.75, 3.05) is 14.1 Å². The lowest BCUT2D eigenvalue weighted by molar-refractivity contribution is -0.134. The first-order valence-corrected chi connectivity index (χ1v) is 10.3. The van der Waals surface area contributed by atoms with Crippen molar-refractivity contribution in [1.82, 2.24) is 19.7 Å². The largest absolute Gasteiger partial charge is 0.349 e. The first kappa shape index (κ1) is 18.2. The highest BCUT2D eigenvalue weighted by Crippen LogP contribution is 2.41. The molecule has 5 nitrogen and oxygen atoms in total. The zero-order valence-corrected chi connectivity index (χ0v) is 16.7. The standard InChI is InChI=1S/C22H30N4O/c1-4-15-5-13-19(14-6-15)26-21(23-20(24-26)16-7-8-16)17-9-11-18(12-10-17)22(27)25(2)3/h5-6,13-14,16-18H,4,7-12H2,1-3H3. The maximum absolute atomic E-state index is 12.3. The van der Waals surface area contributed by atoms with Crippen LogP contribution in [-0.4, -0.2) is 39.7 Å². The van der Waals surface area contributed by atoms with E-state index >= 15 is 0 Å². The van der Waals surface area contributed by atoms with Crippen molar-refractivity contribution < 1.29 is 4.79 Å². The SMILES string of the molecule is CCc1ccc(-n2nc(C3CC3)nc2C2CCC(C(=O)N(C)C)CC2)cc1. The lowest BCUT2D eigenvalue weighted by Crippen LogP contribution is -2.32. The number of amides is 1. The molecule has 5 heteroatoms. The highest BCUT2D eigenvalue weighted by Gasteiger charge is 2.34. The van der Waals surface area contributed by atoms with Gasteiger partial charge in [-0.05, 0) is 62.6 Å². The van der Waals surface area contributed by atoms with Crippen molar-refractivity contribution in [3.05, 3.63) is 41.5 Å². The van der Waals surface area contributed by atoms with E-state index in [1.54, 1.807) is 4.90 Å². The Morgan fingerprint density at radius 1 is 1.04 bits per heavy atom. The minimum atomic E-state index is 0.166. The van der Waals surface area contributed by atoms with Crippen LogP contribution in [0.5, 0.6) is 0 Å². The van der Waals surface area contributed by atoms with Gasteiger partial charge in [-0.1, -0.05) is 19.1 Å². The van der Waals surface area contributed by atoms with Gasteiger partial charge in [0.05, 0.1) is 5.69 Å². The van der Waals surface area contributed by atoms with Crippen molar-refractivity contribution in [2.45, 2.75) is 63.7 Å². The maximum Gasteiger partial charge on any atom is 0.225 e. The van der Waals surface area contributed by atoms with Crippen molar-refractivity contribution in [1.29, 1.82) is 0 Å². The quantitative estimate of drug-likeness (QED) is 0.801. The van der Waals surface area contributed by atoms with E-state index in [9.17, 15) is 4.79 Å². The molecule has 1 amide bonds. The van der Waals surface area contributed by atoms with Gasteiger partial charge in [0.1, 0.15) is 5.82 Å². The summed E-state index contributed by atoms with van der Waals surface area (Å²) in [5.74, 6) is 3.48. The fourth-order valence-corrected chi connectivity index (χ4v) is 4.15. The normalized spacial score (nSPS) is 22.6. The number of nitrogens with zero attached hydrogens (tertiary/aromatic N) is 4. The number of hydrogen-bond acceptors (Lipinski definition) is 3. The highest BCUT2D eigenvalue weighted by atomic mass is 16.2. The molecule has 0 aliphatic heterocycles. The third-order valence-corrected chi connectivity index (χ3v) is 6.06. The molecular weight excluding hydrogens is 336 g/mol. The molecule has 27 heavy (non-hydrogen) atoms. The van der Waals surface area contributed by atoms with Crippen molar-refractivity contribution in [2.24, 2.45) is 5.92 Å². The van der Waals surface area contributed by atoms with Crippen LogP contribution >= 0.6 is 0 Å². The molecule has 0 bridgehead atoms. The van der Waals surface area contributed by atoms with Gasteiger partial charge in [0.2, 0.25) is 5.91 Å². The first-order valence-electron chi connectivity index (χ1n) is 10.3. The molecule has 0 atom stereocenters.